The molecular formula is C24H33N11O3S. The Labute approximate surface area is 229 Å². The standard InChI is InChI=1S/C24H33N11O3S/c1-14-19(11-34-22(14)21(24(34)38)15(2)29-20(36)12-33-13-26-30-31-33)39-17-9-18(25-10-17)23(37)32-7-3-16(4-8-32)35-27-5-6-28-35/h5-6,11,13-18,21-22,25H,3-4,7-10,12H2,1-2H3,(H,29,36)/t14-,15+,17-,18-,21+,22+/m0/s1. The first kappa shape index (κ1) is 25.9. The molecule has 2 aromatic rings. The highest BCUT2D eigenvalue weighted by atomic mass is 32.2. The van der Waals surface area contributed by atoms with Gasteiger partial charge in [-0.25, -0.2) is 4.68 Å². The predicted molar refractivity (Wildman–Crippen MR) is 139 cm³/mol. The van der Waals surface area contributed by atoms with Gasteiger partial charge in [-0.2, -0.15) is 15.0 Å². The average Bonchev–Trinajstić information content (AvgIpc) is 3.74. The Hall–Kier alpha value is -3.33. The molecule has 4 aliphatic rings. The summed E-state index contributed by atoms with van der Waals surface area (Å²) >= 11 is 1.77. The van der Waals surface area contributed by atoms with Crippen LogP contribution in [0.3, 0.4) is 0 Å². The van der Waals surface area contributed by atoms with Crippen molar-refractivity contribution in [2.45, 2.75) is 69.1 Å². The van der Waals surface area contributed by atoms with Gasteiger partial charge in [-0.05, 0) is 36.6 Å². The number of rotatable bonds is 8. The SMILES string of the molecule is C[C@@H](NC(=O)Cn1cnnn1)[C@H]1C(=O)N2C=C(S[C@@H]3CN[C@H](C(=O)N4CCC(n5nccn5)CC4)C3)[C@H](C)[C@H]12. The second kappa shape index (κ2) is 10.7. The largest absolute Gasteiger partial charge is 0.351 e. The number of carbonyl (C=O) groups is 3. The van der Waals surface area contributed by atoms with Crippen molar-refractivity contribution in [2.75, 3.05) is 19.6 Å². The first-order valence-electron chi connectivity index (χ1n) is 13.5. The van der Waals surface area contributed by atoms with Crippen LogP contribution in [0.5, 0.6) is 0 Å². The van der Waals surface area contributed by atoms with Gasteiger partial charge in [0.05, 0.1) is 36.4 Å². The average molecular weight is 556 g/mol. The normalized spacial score (nSPS) is 29.6. The molecule has 4 aliphatic heterocycles. The number of carbonyl (C=O) groups excluding carboxylic acids is 3. The van der Waals surface area contributed by atoms with E-state index in [0.29, 0.717) is 13.1 Å². The maximum absolute atomic E-state index is 13.2. The molecule has 2 aromatic heterocycles. The second-order valence-electron chi connectivity index (χ2n) is 10.8. The van der Waals surface area contributed by atoms with E-state index >= 15 is 0 Å². The van der Waals surface area contributed by atoms with Crippen molar-refractivity contribution >= 4 is 29.5 Å². The molecule has 39 heavy (non-hydrogen) atoms. The van der Waals surface area contributed by atoms with Crippen molar-refractivity contribution in [3.8, 4) is 0 Å². The summed E-state index contributed by atoms with van der Waals surface area (Å²) in [6.45, 7) is 6.21. The fourth-order valence-corrected chi connectivity index (χ4v) is 7.62. The number of β-lactam (4-membered cyclic amide) rings is 1. The molecule has 6 rings (SSSR count). The van der Waals surface area contributed by atoms with Crippen molar-refractivity contribution in [3.63, 3.8) is 0 Å². The number of aromatic nitrogens is 7. The smallest absolute Gasteiger partial charge is 0.242 e. The van der Waals surface area contributed by atoms with Crippen LogP contribution in [0.4, 0.5) is 0 Å². The minimum absolute atomic E-state index is 0.00958. The van der Waals surface area contributed by atoms with Gasteiger partial charge >= 0.3 is 0 Å². The Kier molecular flexibility index (Phi) is 7.10. The van der Waals surface area contributed by atoms with Crippen LogP contribution in [0.1, 0.15) is 39.2 Å². The highest BCUT2D eigenvalue weighted by molar-refractivity contribution is 8.03. The zero-order valence-corrected chi connectivity index (χ0v) is 22.8. The van der Waals surface area contributed by atoms with E-state index in [-0.39, 0.29) is 65.5 Å². The molecule has 3 saturated heterocycles. The van der Waals surface area contributed by atoms with Gasteiger partial charge in [-0.1, -0.05) is 6.92 Å². The van der Waals surface area contributed by atoms with Crippen LogP contribution < -0.4 is 10.6 Å². The summed E-state index contributed by atoms with van der Waals surface area (Å²) in [6, 6.07) is -0.202. The Morgan fingerprint density at radius 2 is 2.00 bits per heavy atom. The van der Waals surface area contributed by atoms with Crippen LogP contribution >= 0.6 is 11.8 Å². The van der Waals surface area contributed by atoms with Gasteiger partial charge in [-0.15, -0.1) is 16.9 Å². The monoisotopic (exact) mass is 555 g/mol. The van der Waals surface area contributed by atoms with E-state index in [4.69, 9.17) is 0 Å². The Bertz CT molecular complexity index is 1230. The van der Waals surface area contributed by atoms with Crippen molar-refractivity contribution in [1.82, 2.24) is 55.6 Å². The number of likely N-dealkylation sites (tertiary alicyclic amines) is 1. The van der Waals surface area contributed by atoms with Crippen LogP contribution in [0, 0.1) is 11.8 Å². The number of amides is 3. The molecular weight excluding hydrogens is 522 g/mol. The number of fused-ring (bicyclic) bond motifs is 1. The second-order valence-corrected chi connectivity index (χ2v) is 12.2. The van der Waals surface area contributed by atoms with Crippen molar-refractivity contribution in [1.29, 1.82) is 0 Å². The highest BCUT2D eigenvalue weighted by Crippen LogP contribution is 2.48. The first-order valence-corrected chi connectivity index (χ1v) is 14.4. The third-order valence-corrected chi connectivity index (χ3v) is 9.75. The number of piperidine rings is 1. The third-order valence-electron chi connectivity index (χ3n) is 8.31. The number of hydrogen-bond donors (Lipinski definition) is 2. The van der Waals surface area contributed by atoms with Crippen molar-refractivity contribution in [2.24, 2.45) is 11.8 Å². The van der Waals surface area contributed by atoms with E-state index in [1.165, 1.54) is 11.0 Å². The van der Waals surface area contributed by atoms with Gasteiger partial charge < -0.3 is 20.4 Å². The van der Waals surface area contributed by atoms with E-state index in [0.717, 1.165) is 30.7 Å². The minimum atomic E-state index is -0.300. The van der Waals surface area contributed by atoms with E-state index in [9.17, 15) is 14.4 Å². The van der Waals surface area contributed by atoms with Gasteiger partial charge in [0, 0.05) is 47.9 Å². The van der Waals surface area contributed by atoms with E-state index in [1.807, 2.05) is 22.9 Å². The van der Waals surface area contributed by atoms with Gasteiger partial charge in [0.1, 0.15) is 12.9 Å². The number of nitrogens with one attached hydrogen (secondary N) is 2. The summed E-state index contributed by atoms with van der Waals surface area (Å²) in [5.41, 5.74) is 0. The highest BCUT2D eigenvalue weighted by Gasteiger charge is 2.56. The van der Waals surface area contributed by atoms with Crippen LogP contribution in [-0.2, 0) is 20.9 Å². The molecule has 15 heteroatoms. The van der Waals surface area contributed by atoms with Gasteiger partial charge in [0.25, 0.3) is 0 Å². The molecule has 14 nitrogen and oxygen atoms in total. The predicted octanol–water partition coefficient (Wildman–Crippen LogP) is -0.585. The number of thioether (sulfide) groups is 1. The molecule has 3 fully saturated rings. The number of hydrogen-bond acceptors (Lipinski definition) is 10. The molecule has 6 heterocycles. The fourth-order valence-electron chi connectivity index (χ4n) is 6.24. The quantitative estimate of drug-likeness (QED) is 0.404. The Morgan fingerprint density at radius 3 is 2.72 bits per heavy atom. The molecule has 2 N–H and O–H groups in total. The van der Waals surface area contributed by atoms with Gasteiger partial charge in [0.2, 0.25) is 17.7 Å². The summed E-state index contributed by atoms with van der Waals surface area (Å²) in [4.78, 5) is 45.2. The molecule has 0 spiro atoms. The zero-order chi connectivity index (χ0) is 27.1. The summed E-state index contributed by atoms with van der Waals surface area (Å²) in [6.07, 6.45) is 9.21. The van der Waals surface area contributed by atoms with Crippen LogP contribution in [0.15, 0.2) is 29.8 Å². The van der Waals surface area contributed by atoms with Crippen molar-refractivity contribution in [3.05, 3.63) is 29.8 Å². The lowest BCUT2D eigenvalue weighted by atomic mass is 9.78. The summed E-state index contributed by atoms with van der Waals surface area (Å²) in [7, 11) is 0. The van der Waals surface area contributed by atoms with Crippen LogP contribution in [0.2, 0.25) is 0 Å². The lowest BCUT2D eigenvalue weighted by Gasteiger charge is -2.46. The topological polar surface area (TPSA) is 156 Å². The lowest BCUT2D eigenvalue weighted by Crippen LogP contribution is -2.64. The molecule has 208 valence electrons. The molecule has 0 unspecified atom stereocenters. The molecule has 0 radical (unpaired) electrons. The number of tetrazole rings is 1. The van der Waals surface area contributed by atoms with Gasteiger partial charge in [0.15, 0.2) is 0 Å². The molecule has 0 saturated carbocycles. The van der Waals surface area contributed by atoms with Crippen LogP contribution in [0.25, 0.3) is 0 Å². The van der Waals surface area contributed by atoms with Gasteiger partial charge in [-0.3, -0.25) is 14.4 Å². The maximum atomic E-state index is 13.2. The molecule has 3 amide bonds. The Balaban J connectivity index is 0.982. The van der Waals surface area contributed by atoms with E-state index in [2.05, 4.69) is 43.3 Å². The molecule has 0 aromatic carbocycles. The fraction of sp³-hybridized carbons (Fsp3) is 0.667. The lowest BCUT2D eigenvalue weighted by molar-refractivity contribution is -0.153. The summed E-state index contributed by atoms with van der Waals surface area (Å²) < 4.78 is 1.35. The number of nitrogens with zero attached hydrogens (tertiary/aromatic N) is 9. The van der Waals surface area contributed by atoms with E-state index in [1.54, 1.807) is 29.0 Å². The third kappa shape index (κ3) is 5.04. The molecule has 0 aliphatic carbocycles. The van der Waals surface area contributed by atoms with E-state index < -0.39 is 0 Å². The minimum Gasteiger partial charge on any atom is -0.351 e. The maximum Gasteiger partial charge on any atom is 0.242 e. The van der Waals surface area contributed by atoms with Crippen LogP contribution in [-0.4, -0.2) is 106 Å². The summed E-state index contributed by atoms with van der Waals surface area (Å²) in [5.74, 6) is -0.138. The zero-order valence-electron chi connectivity index (χ0n) is 22.0. The summed E-state index contributed by atoms with van der Waals surface area (Å²) in [5, 5.41) is 25.9. The van der Waals surface area contributed by atoms with Crippen molar-refractivity contribution < 1.29 is 14.4 Å². The first-order chi connectivity index (χ1) is 18.9. The molecule has 6 atom stereocenters. The molecule has 0 bridgehead atoms. The Morgan fingerprint density at radius 1 is 1.23 bits per heavy atom.